The topological polar surface area (TPSA) is 138 Å². The quantitative estimate of drug-likeness (QED) is 0.338. The number of halogens is 1. The number of hydrogen-bond donors (Lipinski definition) is 3. The zero-order valence-electron chi connectivity index (χ0n) is 28.5. The highest BCUT2D eigenvalue weighted by molar-refractivity contribution is 7.89. The molecule has 0 radical (unpaired) electrons. The van der Waals surface area contributed by atoms with E-state index >= 15 is 0 Å². The number of benzene rings is 2. The molecule has 2 aliphatic rings. The Morgan fingerprint density at radius 1 is 1.06 bits per heavy atom. The maximum absolute atomic E-state index is 14.3. The van der Waals surface area contributed by atoms with Gasteiger partial charge in [0.1, 0.15) is 11.6 Å². The van der Waals surface area contributed by atoms with Crippen molar-refractivity contribution in [1.82, 2.24) is 14.5 Å². The molecule has 1 heterocycles. The van der Waals surface area contributed by atoms with Crippen LogP contribution in [0.5, 0.6) is 5.75 Å². The average Bonchev–Trinajstić information content (AvgIpc) is 3.06. The molecule has 4 rings (SSSR count). The van der Waals surface area contributed by atoms with Crippen LogP contribution < -0.4 is 15.4 Å². The molecule has 0 unspecified atom stereocenters. The van der Waals surface area contributed by atoms with Gasteiger partial charge < -0.3 is 30.1 Å². The van der Waals surface area contributed by atoms with Crippen molar-refractivity contribution in [3.8, 4) is 5.75 Å². The molecule has 4 atom stereocenters. The minimum absolute atomic E-state index is 0.00329. The van der Waals surface area contributed by atoms with Gasteiger partial charge in [0.25, 0.3) is 5.91 Å². The number of carbonyl (C=O) groups excluding carboxylic acids is 2. The van der Waals surface area contributed by atoms with E-state index in [4.69, 9.17) is 9.47 Å². The Labute approximate surface area is 284 Å². The first-order valence-electron chi connectivity index (χ1n) is 17.0. The zero-order chi connectivity index (χ0) is 34.8. The first-order valence-corrected chi connectivity index (χ1v) is 18.5. The molecule has 0 bridgehead atoms. The number of ether oxygens (including phenoxy) is 2. The number of amides is 3. The molecule has 1 fully saturated rings. The number of nitrogens with zero attached hydrogens (tertiary/aromatic N) is 2. The molecule has 0 aromatic heterocycles. The number of sulfonamides is 1. The molecule has 0 saturated heterocycles. The third-order valence-corrected chi connectivity index (χ3v) is 11.0. The van der Waals surface area contributed by atoms with Gasteiger partial charge in [0.05, 0.1) is 35.3 Å². The summed E-state index contributed by atoms with van der Waals surface area (Å²) in [4.78, 5) is 28.7. The van der Waals surface area contributed by atoms with Gasteiger partial charge in [-0.3, -0.25) is 4.79 Å². The average molecular weight is 691 g/mol. The Bertz CT molecular complexity index is 1470. The third kappa shape index (κ3) is 10.1. The highest BCUT2D eigenvalue weighted by atomic mass is 32.2. The van der Waals surface area contributed by atoms with Crippen molar-refractivity contribution in [3.63, 3.8) is 0 Å². The van der Waals surface area contributed by atoms with Crippen molar-refractivity contribution in [2.75, 3.05) is 38.7 Å². The number of fused-ring (bicyclic) bond motifs is 1. The van der Waals surface area contributed by atoms with Gasteiger partial charge in [0, 0.05) is 44.4 Å². The second kappa shape index (κ2) is 17.4. The van der Waals surface area contributed by atoms with Gasteiger partial charge >= 0.3 is 6.03 Å². The fraction of sp³-hybridized carbons (Fsp3) is 0.600. The monoisotopic (exact) mass is 690 g/mol. The van der Waals surface area contributed by atoms with Crippen molar-refractivity contribution >= 4 is 27.6 Å². The van der Waals surface area contributed by atoms with E-state index in [9.17, 15) is 27.5 Å². The fourth-order valence-corrected chi connectivity index (χ4v) is 7.38. The number of urea groups is 1. The van der Waals surface area contributed by atoms with E-state index in [2.05, 4.69) is 10.6 Å². The van der Waals surface area contributed by atoms with Crippen molar-refractivity contribution in [3.05, 3.63) is 53.8 Å². The van der Waals surface area contributed by atoms with Crippen LogP contribution in [0, 0.1) is 11.7 Å². The number of likely N-dealkylation sites (N-methyl/N-ethyl adjacent to an activating group) is 1. The summed E-state index contributed by atoms with van der Waals surface area (Å²) in [5.41, 5.74) is 0.682. The van der Waals surface area contributed by atoms with Crippen LogP contribution in [0.2, 0.25) is 0 Å². The van der Waals surface area contributed by atoms with E-state index in [1.54, 1.807) is 30.0 Å². The Morgan fingerprint density at radius 2 is 1.75 bits per heavy atom. The van der Waals surface area contributed by atoms with Gasteiger partial charge in [-0.1, -0.05) is 26.2 Å². The number of hydrogen-bond acceptors (Lipinski definition) is 7. The summed E-state index contributed by atoms with van der Waals surface area (Å²) in [7, 11) is -2.49. The number of carbonyl (C=O) groups is 2. The van der Waals surface area contributed by atoms with Crippen LogP contribution >= 0.6 is 0 Å². The predicted molar refractivity (Wildman–Crippen MR) is 182 cm³/mol. The van der Waals surface area contributed by atoms with Gasteiger partial charge in [0.2, 0.25) is 10.0 Å². The Balaban J connectivity index is 1.60. The predicted octanol–water partition coefficient (Wildman–Crippen LogP) is 5.40. The van der Waals surface area contributed by atoms with Crippen LogP contribution in [0.3, 0.4) is 0 Å². The smallest absolute Gasteiger partial charge is 0.319 e. The molecule has 3 N–H and O–H groups in total. The van der Waals surface area contributed by atoms with Crippen molar-refractivity contribution in [2.45, 2.75) is 101 Å². The number of rotatable bonds is 8. The van der Waals surface area contributed by atoms with Crippen LogP contribution in [0.1, 0.15) is 82.5 Å². The second-order valence-electron chi connectivity index (χ2n) is 13.2. The molecule has 2 aromatic rings. The van der Waals surface area contributed by atoms with E-state index in [-0.39, 0.29) is 54.3 Å². The lowest BCUT2D eigenvalue weighted by Crippen LogP contribution is -2.48. The Kier molecular flexibility index (Phi) is 13.6. The van der Waals surface area contributed by atoms with Gasteiger partial charge in [0.15, 0.2) is 0 Å². The first kappa shape index (κ1) is 37.6. The summed E-state index contributed by atoms with van der Waals surface area (Å²) < 4.78 is 53.9. The lowest BCUT2D eigenvalue weighted by molar-refractivity contribution is -0.00834. The van der Waals surface area contributed by atoms with Crippen molar-refractivity contribution in [1.29, 1.82) is 0 Å². The van der Waals surface area contributed by atoms with Gasteiger partial charge in [-0.25, -0.2) is 17.6 Å². The second-order valence-corrected chi connectivity index (χ2v) is 15.2. The fourth-order valence-electron chi connectivity index (χ4n) is 6.20. The van der Waals surface area contributed by atoms with Crippen molar-refractivity contribution < 1.29 is 37.0 Å². The molecule has 0 spiro atoms. The third-order valence-electron chi connectivity index (χ3n) is 9.21. The summed E-state index contributed by atoms with van der Waals surface area (Å²) in [6.07, 6.45) is 6.57. The molecular formula is C35H51FN4O7S. The molecule has 48 heavy (non-hydrogen) atoms. The highest BCUT2D eigenvalue weighted by Crippen LogP contribution is 2.29. The van der Waals surface area contributed by atoms with E-state index in [1.165, 1.54) is 29.9 Å². The first-order chi connectivity index (χ1) is 22.9. The van der Waals surface area contributed by atoms with Crippen LogP contribution in [-0.2, 0) is 14.8 Å². The van der Waals surface area contributed by atoms with Crippen LogP contribution in [0.25, 0.3) is 0 Å². The van der Waals surface area contributed by atoms with Gasteiger partial charge in [-0.15, -0.1) is 0 Å². The Morgan fingerprint density at radius 3 is 2.44 bits per heavy atom. The number of aliphatic hydroxyl groups is 1. The molecule has 266 valence electrons. The molecular weight excluding hydrogens is 639 g/mol. The minimum Gasteiger partial charge on any atom is -0.490 e. The molecule has 11 nitrogen and oxygen atoms in total. The molecule has 3 amide bonds. The normalized spacial score (nSPS) is 22.7. The SMILES string of the molecule is C[C@@H]1CN([C@@H](C)CO)C(=O)c2cc(NC(=O)NC3CCCCC3)ccc2O[C@@H](C)CCCCO[C@H]1CN(C)S(=O)(=O)c1ccc(F)cc1. The summed E-state index contributed by atoms with van der Waals surface area (Å²) >= 11 is 0. The van der Waals surface area contributed by atoms with E-state index in [0.29, 0.717) is 30.9 Å². The molecule has 2 aromatic carbocycles. The van der Waals surface area contributed by atoms with E-state index < -0.39 is 33.9 Å². The van der Waals surface area contributed by atoms with Crippen LogP contribution in [0.4, 0.5) is 14.9 Å². The van der Waals surface area contributed by atoms with Crippen molar-refractivity contribution in [2.24, 2.45) is 5.92 Å². The number of anilines is 1. The van der Waals surface area contributed by atoms with E-state index in [1.807, 2.05) is 13.8 Å². The summed E-state index contributed by atoms with van der Waals surface area (Å²) in [6, 6.07) is 8.87. The van der Waals surface area contributed by atoms with Crippen LogP contribution in [0.15, 0.2) is 47.4 Å². The maximum Gasteiger partial charge on any atom is 0.319 e. The van der Waals surface area contributed by atoms with Gasteiger partial charge in [-0.2, -0.15) is 4.31 Å². The lowest BCUT2D eigenvalue weighted by atomic mass is 9.96. The summed E-state index contributed by atoms with van der Waals surface area (Å²) in [5.74, 6) is -0.912. The Hall–Kier alpha value is -3.26. The minimum atomic E-state index is -3.95. The maximum atomic E-state index is 14.3. The summed E-state index contributed by atoms with van der Waals surface area (Å²) in [5, 5.41) is 16.1. The van der Waals surface area contributed by atoms with E-state index in [0.717, 1.165) is 44.2 Å². The standard InChI is InChI=1S/C35H51FN4O7S/c1-24-21-40(25(2)23-41)34(42)31-20-29(38-35(43)37-28-11-6-5-7-12-28)15-18-32(31)47-26(3)10-8-9-19-46-33(24)22-39(4)48(44,45)30-16-13-27(36)14-17-30/h13-18,20,24-26,28,33,41H,5-12,19,21-23H2,1-4H3,(H2,37,38,43)/t24-,25+,26+,33+/m1/s1. The van der Waals surface area contributed by atoms with Gasteiger partial charge in [-0.05, 0) is 88.4 Å². The summed E-state index contributed by atoms with van der Waals surface area (Å²) in [6.45, 7) is 5.76. The zero-order valence-corrected chi connectivity index (χ0v) is 29.3. The number of nitrogens with one attached hydrogen (secondary N) is 2. The van der Waals surface area contributed by atoms with Crippen LogP contribution in [-0.4, -0.2) is 92.3 Å². The molecule has 1 aliphatic heterocycles. The molecule has 1 aliphatic carbocycles. The largest absolute Gasteiger partial charge is 0.490 e. The molecule has 13 heteroatoms. The lowest BCUT2D eigenvalue weighted by Gasteiger charge is -2.35. The highest BCUT2D eigenvalue weighted by Gasteiger charge is 2.32. The molecule has 1 saturated carbocycles. The number of aliphatic hydroxyl groups excluding tert-OH is 1.